The van der Waals surface area contributed by atoms with Gasteiger partial charge >= 0.3 is 5.97 Å². The predicted octanol–water partition coefficient (Wildman–Crippen LogP) is 2.67. The van der Waals surface area contributed by atoms with Gasteiger partial charge in [0, 0.05) is 12.1 Å². The van der Waals surface area contributed by atoms with Gasteiger partial charge in [0.05, 0.1) is 28.2 Å². The molecule has 0 bridgehead atoms. The molecular formula is C19H19ClN2O5S. The molecule has 1 heterocycles. The Hall–Kier alpha value is -2.58. The van der Waals surface area contributed by atoms with Gasteiger partial charge in [-0.15, -0.1) is 0 Å². The first-order valence-corrected chi connectivity index (χ1v) is 10.8. The van der Waals surface area contributed by atoms with E-state index in [-0.39, 0.29) is 17.0 Å². The zero-order valence-corrected chi connectivity index (χ0v) is 16.7. The Labute approximate surface area is 168 Å². The third kappa shape index (κ3) is 4.28. The van der Waals surface area contributed by atoms with Crippen molar-refractivity contribution in [2.24, 2.45) is 0 Å². The molecule has 2 aromatic carbocycles. The van der Waals surface area contributed by atoms with Crippen molar-refractivity contribution in [3.05, 3.63) is 58.1 Å². The minimum Gasteiger partial charge on any atom is -0.454 e. The van der Waals surface area contributed by atoms with E-state index in [0.717, 1.165) is 11.8 Å². The monoisotopic (exact) mass is 422 g/mol. The van der Waals surface area contributed by atoms with Crippen LogP contribution in [0.15, 0.2) is 36.4 Å². The van der Waals surface area contributed by atoms with Crippen LogP contribution in [-0.4, -0.2) is 39.6 Å². The van der Waals surface area contributed by atoms with Crippen LogP contribution in [0.1, 0.15) is 32.7 Å². The number of anilines is 2. The van der Waals surface area contributed by atoms with Crippen LogP contribution in [-0.2, 0) is 21.2 Å². The third-order valence-electron chi connectivity index (χ3n) is 4.44. The molecule has 0 saturated heterocycles. The summed E-state index contributed by atoms with van der Waals surface area (Å²) in [4.78, 5) is 24.5. The van der Waals surface area contributed by atoms with Gasteiger partial charge < -0.3 is 10.5 Å². The molecule has 28 heavy (non-hydrogen) atoms. The van der Waals surface area contributed by atoms with E-state index in [0.29, 0.717) is 35.7 Å². The zero-order valence-electron chi connectivity index (χ0n) is 15.1. The minimum atomic E-state index is -3.37. The number of benzene rings is 2. The maximum atomic E-state index is 12.4. The first-order valence-electron chi connectivity index (χ1n) is 8.53. The number of carbonyl (C=O) groups is 2. The van der Waals surface area contributed by atoms with E-state index in [2.05, 4.69) is 0 Å². The molecule has 9 heteroatoms. The summed E-state index contributed by atoms with van der Waals surface area (Å²) in [5, 5.41) is 0.324. The Bertz CT molecular complexity index is 1050. The molecule has 0 aliphatic carbocycles. The van der Waals surface area contributed by atoms with Crippen LogP contribution in [0.2, 0.25) is 5.02 Å². The Balaban J connectivity index is 1.71. The van der Waals surface area contributed by atoms with Crippen LogP contribution < -0.4 is 10.0 Å². The highest BCUT2D eigenvalue weighted by atomic mass is 35.5. The number of esters is 1. The van der Waals surface area contributed by atoms with Gasteiger partial charge in [-0.3, -0.25) is 9.10 Å². The number of rotatable bonds is 5. The summed E-state index contributed by atoms with van der Waals surface area (Å²) in [7, 11) is -3.37. The minimum absolute atomic E-state index is 0.198. The first-order chi connectivity index (χ1) is 13.2. The summed E-state index contributed by atoms with van der Waals surface area (Å²) in [5.74, 6) is -1.06. The highest BCUT2D eigenvalue weighted by Gasteiger charge is 2.25. The first kappa shape index (κ1) is 20.2. The largest absolute Gasteiger partial charge is 0.454 e. The van der Waals surface area contributed by atoms with Crippen LogP contribution >= 0.6 is 11.6 Å². The van der Waals surface area contributed by atoms with Gasteiger partial charge in [0.25, 0.3) is 0 Å². The van der Waals surface area contributed by atoms with Gasteiger partial charge in [-0.2, -0.15) is 0 Å². The second-order valence-electron chi connectivity index (χ2n) is 6.52. The Morgan fingerprint density at radius 3 is 2.57 bits per heavy atom. The molecule has 0 saturated carbocycles. The number of Topliss-reactive ketones (excluding diaryl/α,β-unsaturated/α-hetero) is 1. The van der Waals surface area contributed by atoms with Crippen molar-refractivity contribution in [2.45, 2.75) is 12.8 Å². The predicted molar refractivity (Wildman–Crippen MR) is 107 cm³/mol. The molecule has 0 atom stereocenters. The number of ketones is 1. The lowest BCUT2D eigenvalue weighted by atomic mass is 9.99. The second-order valence-corrected chi connectivity index (χ2v) is 8.83. The molecule has 7 nitrogen and oxygen atoms in total. The molecule has 1 aliphatic heterocycles. The fourth-order valence-electron chi connectivity index (χ4n) is 3.05. The highest BCUT2D eigenvalue weighted by molar-refractivity contribution is 7.92. The number of hydrogen-bond donors (Lipinski definition) is 1. The normalized spacial score (nSPS) is 13.7. The van der Waals surface area contributed by atoms with Gasteiger partial charge in [0.2, 0.25) is 10.0 Å². The lowest BCUT2D eigenvalue weighted by molar-refractivity contribution is 0.0475. The fourth-order valence-corrected chi connectivity index (χ4v) is 4.16. The van der Waals surface area contributed by atoms with Gasteiger partial charge in [0.15, 0.2) is 12.4 Å². The molecular weight excluding hydrogens is 404 g/mol. The molecule has 0 radical (unpaired) electrons. The quantitative estimate of drug-likeness (QED) is 0.451. The summed E-state index contributed by atoms with van der Waals surface area (Å²) < 4.78 is 30.2. The number of fused-ring (bicyclic) bond motifs is 1. The van der Waals surface area contributed by atoms with Crippen molar-refractivity contribution < 1.29 is 22.7 Å². The number of nitrogens with two attached hydrogens (primary N) is 1. The molecule has 0 unspecified atom stereocenters. The summed E-state index contributed by atoms with van der Waals surface area (Å²) in [5.41, 5.74) is 7.82. The number of carbonyl (C=O) groups excluding carboxylic acids is 2. The average molecular weight is 423 g/mol. The summed E-state index contributed by atoms with van der Waals surface area (Å²) in [6.45, 7) is -0.0170. The summed E-state index contributed by atoms with van der Waals surface area (Å²) in [6, 6.07) is 9.14. The van der Waals surface area contributed by atoms with E-state index in [1.807, 2.05) is 0 Å². The van der Waals surface area contributed by atoms with Crippen molar-refractivity contribution in [3.8, 4) is 0 Å². The van der Waals surface area contributed by atoms with Crippen LogP contribution in [0.25, 0.3) is 0 Å². The van der Waals surface area contributed by atoms with Crippen molar-refractivity contribution >= 4 is 44.8 Å². The molecule has 0 aromatic heterocycles. The van der Waals surface area contributed by atoms with E-state index in [1.165, 1.54) is 22.5 Å². The summed E-state index contributed by atoms with van der Waals surface area (Å²) in [6.07, 6.45) is 2.50. The highest BCUT2D eigenvalue weighted by Crippen LogP contribution is 2.30. The van der Waals surface area contributed by atoms with Crippen molar-refractivity contribution in [2.75, 3.05) is 29.4 Å². The van der Waals surface area contributed by atoms with Crippen molar-refractivity contribution in [1.82, 2.24) is 0 Å². The summed E-state index contributed by atoms with van der Waals surface area (Å²) >= 11 is 5.82. The van der Waals surface area contributed by atoms with E-state index >= 15 is 0 Å². The van der Waals surface area contributed by atoms with Crippen LogP contribution in [0, 0.1) is 0 Å². The molecule has 0 amide bonds. The van der Waals surface area contributed by atoms with Gasteiger partial charge in [0.1, 0.15) is 0 Å². The smallest absolute Gasteiger partial charge is 0.338 e. The molecule has 0 fully saturated rings. The average Bonchev–Trinajstić information content (AvgIpc) is 2.66. The van der Waals surface area contributed by atoms with Gasteiger partial charge in [-0.25, -0.2) is 13.2 Å². The van der Waals surface area contributed by atoms with Crippen molar-refractivity contribution in [1.29, 1.82) is 0 Å². The van der Waals surface area contributed by atoms with Crippen LogP contribution in [0.4, 0.5) is 11.4 Å². The maximum Gasteiger partial charge on any atom is 0.338 e. The topological polar surface area (TPSA) is 107 Å². The van der Waals surface area contributed by atoms with Crippen molar-refractivity contribution in [3.63, 3.8) is 0 Å². The Kier molecular flexibility index (Phi) is 5.62. The van der Waals surface area contributed by atoms with E-state index < -0.39 is 22.6 Å². The number of aryl methyl sites for hydroxylation is 1. The molecule has 3 rings (SSSR count). The Morgan fingerprint density at radius 2 is 1.89 bits per heavy atom. The standard InChI is InChI=1S/C19H19ClN2O5S/c1-28(25,26)22-8-2-3-12-9-13(5-7-17(12)22)18(23)11-27-19(24)14-4-6-15(20)16(21)10-14/h4-7,9-10H,2-3,8,11,21H2,1H3. The second kappa shape index (κ2) is 7.81. The zero-order chi connectivity index (χ0) is 20.5. The number of nitrogen functional groups attached to an aromatic ring is 1. The van der Waals surface area contributed by atoms with Gasteiger partial charge in [-0.05, 0) is 54.8 Å². The maximum absolute atomic E-state index is 12.4. The molecule has 2 N–H and O–H groups in total. The van der Waals surface area contributed by atoms with E-state index in [9.17, 15) is 18.0 Å². The molecule has 148 valence electrons. The van der Waals surface area contributed by atoms with E-state index in [1.54, 1.807) is 18.2 Å². The number of ether oxygens (including phenoxy) is 1. The third-order valence-corrected chi connectivity index (χ3v) is 5.97. The number of hydrogen-bond acceptors (Lipinski definition) is 6. The van der Waals surface area contributed by atoms with Gasteiger partial charge in [-0.1, -0.05) is 11.6 Å². The number of halogens is 1. The van der Waals surface area contributed by atoms with E-state index in [4.69, 9.17) is 22.1 Å². The van der Waals surface area contributed by atoms with Crippen LogP contribution in [0.3, 0.4) is 0 Å². The fraction of sp³-hybridized carbons (Fsp3) is 0.263. The SMILES string of the molecule is CS(=O)(=O)N1CCCc2cc(C(=O)COC(=O)c3ccc(Cl)c(N)c3)ccc21. The Morgan fingerprint density at radius 1 is 1.18 bits per heavy atom. The molecule has 0 spiro atoms. The molecule has 2 aromatic rings. The number of sulfonamides is 1. The molecule has 1 aliphatic rings. The van der Waals surface area contributed by atoms with Crippen LogP contribution in [0.5, 0.6) is 0 Å². The number of nitrogens with zero attached hydrogens (tertiary/aromatic N) is 1. The lowest BCUT2D eigenvalue weighted by Crippen LogP contribution is -2.34. The lowest BCUT2D eigenvalue weighted by Gasteiger charge is -2.29.